The maximum Gasteiger partial charge on any atom is 0.295 e. The molecule has 3 heterocycles. The third-order valence-electron chi connectivity index (χ3n) is 7.23. The van der Waals surface area contributed by atoms with Crippen LogP contribution in [0.2, 0.25) is 0 Å². The number of carbonyl (C=O) groups is 1. The van der Waals surface area contributed by atoms with Crippen molar-refractivity contribution in [2.24, 2.45) is 15.9 Å². The van der Waals surface area contributed by atoms with Crippen molar-refractivity contribution in [1.82, 2.24) is 30.2 Å². The monoisotopic (exact) mass is 560 g/mol. The molecule has 0 radical (unpaired) electrons. The smallest absolute Gasteiger partial charge is 0.295 e. The van der Waals surface area contributed by atoms with Gasteiger partial charge in [0.15, 0.2) is 11.7 Å². The fraction of sp³-hybridized carbons (Fsp3) is 0.483. The van der Waals surface area contributed by atoms with Crippen LogP contribution in [0.5, 0.6) is 5.88 Å². The van der Waals surface area contributed by atoms with Gasteiger partial charge in [-0.05, 0) is 63.7 Å². The minimum atomic E-state index is -0.229. The van der Waals surface area contributed by atoms with Crippen molar-refractivity contribution < 1.29 is 9.53 Å². The zero-order valence-corrected chi connectivity index (χ0v) is 24.6. The Morgan fingerprint density at radius 2 is 1.93 bits per heavy atom. The number of carbonyl (C=O) groups excluding carboxylic acids is 1. The summed E-state index contributed by atoms with van der Waals surface area (Å²) in [5.74, 6) is 3.24. The van der Waals surface area contributed by atoms with Crippen LogP contribution in [0.25, 0.3) is 5.70 Å². The first-order valence-electron chi connectivity index (χ1n) is 13.8. The number of hydrogen-bond donors (Lipinski definition) is 1. The van der Waals surface area contributed by atoms with E-state index in [9.17, 15) is 4.79 Å². The van der Waals surface area contributed by atoms with Gasteiger partial charge in [-0.15, -0.1) is 11.8 Å². The van der Waals surface area contributed by atoms with Crippen molar-refractivity contribution in [2.45, 2.75) is 76.8 Å². The van der Waals surface area contributed by atoms with Gasteiger partial charge in [0, 0.05) is 29.2 Å². The van der Waals surface area contributed by atoms with Gasteiger partial charge < -0.3 is 10.1 Å². The number of amides is 1. The van der Waals surface area contributed by atoms with E-state index in [-0.39, 0.29) is 24.3 Å². The number of nitrogens with zero attached hydrogens (tertiary/aromatic N) is 7. The van der Waals surface area contributed by atoms with E-state index in [1.165, 1.54) is 6.33 Å². The molecular formula is C29H36N8O2S. The van der Waals surface area contributed by atoms with E-state index in [2.05, 4.69) is 50.7 Å². The third-order valence-corrected chi connectivity index (χ3v) is 8.06. The predicted molar refractivity (Wildman–Crippen MR) is 157 cm³/mol. The number of methoxy groups -OCH3 is 1. The fourth-order valence-electron chi connectivity index (χ4n) is 4.77. The highest BCUT2D eigenvalue weighted by Gasteiger charge is 2.43. The van der Waals surface area contributed by atoms with Crippen LogP contribution in [0.1, 0.15) is 76.4 Å². The second-order valence-electron chi connectivity index (χ2n) is 10.5. The zero-order chi connectivity index (χ0) is 28.4. The lowest BCUT2D eigenvalue weighted by atomic mass is 10.1. The van der Waals surface area contributed by atoms with Gasteiger partial charge in [-0.3, -0.25) is 14.7 Å². The molecule has 11 heteroatoms. The van der Waals surface area contributed by atoms with E-state index in [1.807, 2.05) is 13.8 Å². The molecule has 2 aromatic rings. The summed E-state index contributed by atoms with van der Waals surface area (Å²) in [6.45, 7) is 12.6. The number of aromatic nitrogens is 4. The first-order valence-corrected chi connectivity index (χ1v) is 14.7. The molecule has 0 aromatic carbocycles. The van der Waals surface area contributed by atoms with E-state index in [0.717, 1.165) is 53.3 Å². The molecule has 210 valence electrons. The zero-order valence-electron chi connectivity index (χ0n) is 23.8. The second kappa shape index (κ2) is 11.9. The Bertz CT molecular complexity index is 1390. The van der Waals surface area contributed by atoms with Crippen molar-refractivity contribution in [3.05, 3.63) is 53.7 Å². The van der Waals surface area contributed by atoms with Crippen LogP contribution in [-0.2, 0) is 11.3 Å². The lowest BCUT2D eigenvalue weighted by molar-refractivity contribution is -0.122. The molecule has 3 fully saturated rings. The summed E-state index contributed by atoms with van der Waals surface area (Å²) >= 11 is 1.68. The molecule has 0 bridgehead atoms. The maximum absolute atomic E-state index is 14.0. The van der Waals surface area contributed by atoms with E-state index < -0.39 is 0 Å². The number of allylic oxidation sites excluding steroid dienone is 1. The first kappa shape index (κ1) is 27.9. The number of aliphatic imine (C=N–C) groups is 2. The number of rotatable bonds is 10. The van der Waals surface area contributed by atoms with Crippen molar-refractivity contribution in [1.29, 1.82) is 0 Å². The second-order valence-corrected chi connectivity index (χ2v) is 11.8. The van der Waals surface area contributed by atoms with E-state index in [0.29, 0.717) is 40.6 Å². The fourth-order valence-corrected chi connectivity index (χ4v) is 5.35. The Labute approximate surface area is 239 Å². The van der Waals surface area contributed by atoms with Crippen molar-refractivity contribution in [3.8, 4) is 5.88 Å². The molecule has 2 aliphatic carbocycles. The molecule has 1 N–H and O–H groups in total. The molecule has 10 nitrogen and oxygen atoms in total. The number of amidine groups is 2. The van der Waals surface area contributed by atoms with Crippen LogP contribution in [0.4, 0.5) is 0 Å². The number of nitrogens with one attached hydrogen (secondary N) is 1. The van der Waals surface area contributed by atoms with Crippen molar-refractivity contribution in [2.75, 3.05) is 12.9 Å². The van der Waals surface area contributed by atoms with E-state index >= 15 is 0 Å². The molecule has 1 unspecified atom stereocenters. The minimum absolute atomic E-state index is 0.0564. The van der Waals surface area contributed by atoms with Gasteiger partial charge in [0.05, 0.1) is 29.8 Å². The largest absolute Gasteiger partial charge is 0.480 e. The molecule has 40 heavy (non-hydrogen) atoms. The Kier molecular flexibility index (Phi) is 8.30. The summed E-state index contributed by atoms with van der Waals surface area (Å²) in [6, 6.07) is -0.0564. The Balaban J connectivity index is 1.51. The van der Waals surface area contributed by atoms with Gasteiger partial charge in [0.1, 0.15) is 18.7 Å². The summed E-state index contributed by atoms with van der Waals surface area (Å²) in [5.41, 5.74) is 3.75. The lowest BCUT2D eigenvalue weighted by Crippen LogP contribution is -2.58. The van der Waals surface area contributed by atoms with Gasteiger partial charge >= 0.3 is 0 Å². The number of thioether (sulfide) groups is 1. The van der Waals surface area contributed by atoms with Crippen LogP contribution in [0.3, 0.4) is 0 Å². The summed E-state index contributed by atoms with van der Waals surface area (Å²) in [5, 5.41) is 3.28. The molecule has 5 rings (SSSR count). The molecule has 2 saturated carbocycles. The number of piperazine rings is 1. The molecule has 1 aliphatic heterocycles. The Morgan fingerprint density at radius 1 is 1.20 bits per heavy atom. The molecule has 1 saturated heterocycles. The first-order chi connectivity index (χ1) is 19.3. The highest BCUT2D eigenvalue weighted by Crippen LogP contribution is 2.44. The summed E-state index contributed by atoms with van der Waals surface area (Å²) in [4.78, 5) is 44.1. The standard InChI is InChI=1S/C29H36N8O2S/c1-7-40-21-12-30-22(31-13-21)14-32-26-29(38)37(18(5)19-8-9-19)27(24(36-26)16(2)3)35-17(4)23-25(20-10-11-20)33-15-34-28(23)39-6/h12-13,15,18-20H,4,7-11,14H2,1-3,5-6H3,(H,32,36). The molecule has 3 aliphatic rings. The summed E-state index contributed by atoms with van der Waals surface area (Å²) in [6.07, 6.45) is 9.38. The van der Waals surface area contributed by atoms with E-state index in [4.69, 9.17) is 9.73 Å². The van der Waals surface area contributed by atoms with E-state index in [1.54, 1.807) is 36.2 Å². The Hall–Kier alpha value is -3.60. The number of hydrogen-bond acceptors (Lipinski definition) is 9. The molecule has 1 amide bonds. The maximum atomic E-state index is 14.0. The van der Waals surface area contributed by atoms with Gasteiger partial charge in [-0.1, -0.05) is 13.5 Å². The predicted octanol–water partition coefficient (Wildman–Crippen LogP) is 4.76. The topological polar surface area (TPSA) is 118 Å². The molecule has 1 atom stereocenters. The minimum Gasteiger partial charge on any atom is -0.480 e. The summed E-state index contributed by atoms with van der Waals surface area (Å²) < 4.78 is 5.58. The molecular weight excluding hydrogens is 524 g/mol. The average molecular weight is 561 g/mol. The highest BCUT2D eigenvalue weighted by atomic mass is 32.2. The van der Waals surface area contributed by atoms with Crippen LogP contribution in [0.15, 0.2) is 51.5 Å². The lowest BCUT2D eigenvalue weighted by Gasteiger charge is -2.37. The Morgan fingerprint density at radius 3 is 2.52 bits per heavy atom. The SMILES string of the molecule is C=C(N=C1C(=C(C)C)NC(=NCc2ncc(SCC)cn2)C(=O)N1C(C)C1CC1)c1c(OC)ncnc1C1CC1. The van der Waals surface area contributed by atoms with Crippen LogP contribution < -0.4 is 10.1 Å². The number of ether oxygens (including phenoxy) is 1. The van der Waals surface area contributed by atoms with Crippen molar-refractivity contribution >= 4 is 35.0 Å². The average Bonchev–Trinajstić information content (AvgIpc) is 3.86. The normalized spacial score (nSPS) is 20.1. The van der Waals surface area contributed by atoms with Crippen molar-refractivity contribution in [3.63, 3.8) is 0 Å². The van der Waals surface area contributed by atoms with Crippen LogP contribution >= 0.6 is 11.8 Å². The van der Waals surface area contributed by atoms with Gasteiger partial charge in [-0.2, -0.15) is 0 Å². The van der Waals surface area contributed by atoms with Gasteiger partial charge in [0.25, 0.3) is 5.91 Å². The molecule has 0 spiro atoms. The van der Waals surface area contributed by atoms with Crippen LogP contribution in [-0.4, -0.2) is 61.3 Å². The summed E-state index contributed by atoms with van der Waals surface area (Å²) in [7, 11) is 1.58. The third kappa shape index (κ3) is 5.94. The van der Waals surface area contributed by atoms with Crippen LogP contribution in [0, 0.1) is 5.92 Å². The quantitative estimate of drug-likeness (QED) is 0.414. The highest BCUT2D eigenvalue weighted by molar-refractivity contribution is 7.99. The van der Waals surface area contributed by atoms with Gasteiger partial charge in [0.2, 0.25) is 5.88 Å². The van der Waals surface area contributed by atoms with Gasteiger partial charge in [-0.25, -0.2) is 24.9 Å². The molecule has 2 aromatic heterocycles.